The van der Waals surface area contributed by atoms with Crippen LogP contribution in [0.3, 0.4) is 0 Å². The molecule has 1 heterocycles. The van der Waals surface area contributed by atoms with Gasteiger partial charge in [-0.25, -0.2) is 9.37 Å². The molecule has 19 heavy (non-hydrogen) atoms. The van der Waals surface area contributed by atoms with Gasteiger partial charge in [-0.3, -0.25) is 0 Å². The van der Waals surface area contributed by atoms with E-state index in [-0.39, 0.29) is 12.4 Å². The maximum atomic E-state index is 13.0. The standard InChI is InChI=1S/C14H15ClFN3/c1-2-19(11-5-3-10(16)4-6-11)14-8-7-12(15)13(9-17)18-14/h3-8H,2,9,17H2,1H3. The van der Waals surface area contributed by atoms with Crippen molar-refractivity contribution in [1.29, 1.82) is 0 Å². The van der Waals surface area contributed by atoms with E-state index < -0.39 is 0 Å². The fraction of sp³-hybridized carbons (Fsp3) is 0.214. The number of nitrogens with two attached hydrogens (primary N) is 1. The summed E-state index contributed by atoms with van der Waals surface area (Å²) in [6, 6.07) is 9.90. The Balaban J connectivity index is 2.39. The molecule has 0 aliphatic rings. The topological polar surface area (TPSA) is 42.1 Å². The van der Waals surface area contributed by atoms with E-state index in [1.807, 2.05) is 17.9 Å². The summed E-state index contributed by atoms with van der Waals surface area (Å²) >= 11 is 6.00. The molecule has 100 valence electrons. The normalized spacial score (nSPS) is 10.5. The number of rotatable bonds is 4. The zero-order valence-corrected chi connectivity index (χ0v) is 11.4. The lowest BCUT2D eigenvalue weighted by molar-refractivity contribution is 0.628. The van der Waals surface area contributed by atoms with Gasteiger partial charge in [-0.1, -0.05) is 11.6 Å². The Labute approximate surface area is 116 Å². The summed E-state index contributed by atoms with van der Waals surface area (Å²) in [4.78, 5) is 6.40. The molecule has 0 amide bonds. The van der Waals surface area contributed by atoms with Gasteiger partial charge in [-0.2, -0.15) is 0 Å². The number of anilines is 2. The molecule has 2 aromatic rings. The maximum absolute atomic E-state index is 13.0. The number of halogens is 2. The van der Waals surface area contributed by atoms with Crippen molar-refractivity contribution in [2.75, 3.05) is 11.4 Å². The third-order valence-electron chi connectivity index (χ3n) is 2.83. The molecule has 0 saturated heterocycles. The molecule has 1 aromatic carbocycles. The van der Waals surface area contributed by atoms with Crippen LogP contribution in [0, 0.1) is 5.82 Å². The Bertz CT molecular complexity index is 557. The van der Waals surface area contributed by atoms with E-state index in [9.17, 15) is 4.39 Å². The molecule has 0 fully saturated rings. The SMILES string of the molecule is CCN(c1ccc(F)cc1)c1ccc(Cl)c(CN)n1. The molecule has 0 aliphatic carbocycles. The molecule has 0 aliphatic heterocycles. The smallest absolute Gasteiger partial charge is 0.133 e. The number of hydrogen-bond acceptors (Lipinski definition) is 3. The predicted molar refractivity (Wildman–Crippen MR) is 76.2 cm³/mol. The van der Waals surface area contributed by atoms with E-state index in [0.29, 0.717) is 17.3 Å². The zero-order chi connectivity index (χ0) is 13.8. The van der Waals surface area contributed by atoms with Gasteiger partial charge in [0.2, 0.25) is 0 Å². The fourth-order valence-electron chi connectivity index (χ4n) is 1.86. The third kappa shape index (κ3) is 3.03. The molecule has 0 unspecified atom stereocenters. The lowest BCUT2D eigenvalue weighted by atomic mass is 10.2. The summed E-state index contributed by atoms with van der Waals surface area (Å²) in [5.74, 6) is 0.491. The summed E-state index contributed by atoms with van der Waals surface area (Å²) in [5.41, 5.74) is 7.13. The number of aromatic nitrogens is 1. The van der Waals surface area contributed by atoms with Crippen LogP contribution >= 0.6 is 11.6 Å². The maximum Gasteiger partial charge on any atom is 0.133 e. The average Bonchev–Trinajstić information content (AvgIpc) is 2.43. The second-order valence-corrected chi connectivity index (χ2v) is 4.43. The predicted octanol–water partition coefficient (Wildman–Crippen LogP) is 3.49. The Hall–Kier alpha value is -1.65. The number of benzene rings is 1. The van der Waals surface area contributed by atoms with Crippen LogP contribution < -0.4 is 10.6 Å². The monoisotopic (exact) mass is 279 g/mol. The first kappa shape index (κ1) is 13.8. The van der Waals surface area contributed by atoms with Gasteiger partial charge in [-0.05, 0) is 43.3 Å². The Morgan fingerprint density at radius 2 is 1.89 bits per heavy atom. The number of nitrogens with zero attached hydrogens (tertiary/aromatic N) is 2. The van der Waals surface area contributed by atoms with Crippen LogP contribution in [0.4, 0.5) is 15.9 Å². The number of pyridine rings is 1. The number of hydrogen-bond donors (Lipinski definition) is 1. The zero-order valence-electron chi connectivity index (χ0n) is 10.6. The summed E-state index contributed by atoms with van der Waals surface area (Å²) < 4.78 is 13.0. The van der Waals surface area contributed by atoms with Gasteiger partial charge >= 0.3 is 0 Å². The van der Waals surface area contributed by atoms with Crippen molar-refractivity contribution in [3.63, 3.8) is 0 Å². The van der Waals surface area contributed by atoms with Crippen LogP contribution in [0.1, 0.15) is 12.6 Å². The van der Waals surface area contributed by atoms with Gasteiger partial charge in [-0.15, -0.1) is 0 Å². The fourth-order valence-corrected chi connectivity index (χ4v) is 2.05. The third-order valence-corrected chi connectivity index (χ3v) is 3.17. The molecule has 3 nitrogen and oxygen atoms in total. The molecule has 2 rings (SSSR count). The minimum atomic E-state index is -0.258. The van der Waals surface area contributed by atoms with E-state index in [0.717, 1.165) is 11.5 Å². The van der Waals surface area contributed by atoms with Gasteiger partial charge < -0.3 is 10.6 Å². The van der Waals surface area contributed by atoms with Gasteiger partial charge in [0.15, 0.2) is 0 Å². The second kappa shape index (κ2) is 5.99. The highest BCUT2D eigenvalue weighted by Crippen LogP contribution is 2.26. The van der Waals surface area contributed by atoms with Crippen molar-refractivity contribution in [2.45, 2.75) is 13.5 Å². The summed E-state index contributed by atoms with van der Waals surface area (Å²) in [6.45, 7) is 3.00. The molecule has 0 spiro atoms. The van der Waals surface area contributed by atoms with Gasteiger partial charge in [0.25, 0.3) is 0 Å². The Morgan fingerprint density at radius 3 is 2.47 bits per heavy atom. The minimum absolute atomic E-state index is 0.258. The molecule has 0 saturated carbocycles. The second-order valence-electron chi connectivity index (χ2n) is 4.02. The summed E-state index contributed by atoms with van der Waals surface area (Å²) in [5, 5.41) is 0.557. The minimum Gasteiger partial charge on any atom is -0.327 e. The van der Waals surface area contributed by atoms with Gasteiger partial charge in [0.05, 0.1) is 10.7 Å². The summed E-state index contributed by atoms with van der Waals surface area (Å²) in [6.07, 6.45) is 0. The van der Waals surface area contributed by atoms with Crippen molar-refractivity contribution < 1.29 is 4.39 Å². The van der Waals surface area contributed by atoms with Gasteiger partial charge in [0, 0.05) is 18.8 Å². The lowest BCUT2D eigenvalue weighted by Gasteiger charge is -2.22. The first-order valence-corrected chi connectivity index (χ1v) is 6.42. The van der Waals surface area contributed by atoms with Crippen LogP contribution in [0.5, 0.6) is 0 Å². The van der Waals surface area contributed by atoms with Crippen molar-refractivity contribution in [3.8, 4) is 0 Å². The molecule has 5 heteroatoms. The van der Waals surface area contributed by atoms with Crippen molar-refractivity contribution in [3.05, 3.63) is 52.9 Å². The average molecular weight is 280 g/mol. The molecule has 0 atom stereocenters. The molecule has 0 radical (unpaired) electrons. The van der Waals surface area contributed by atoms with E-state index in [2.05, 4.69) is 4.98 Å². The highest BCUT2D eigenvalue weighted by Gasteiger charge is 2.10. The first-order valence-electron chi connectivity index (χ1n) is 6.04. The Kier molecular flexibility index (Phi) is 4.35. The van der Waals surface area contributed by atoms with Gasteiger partial charge in [0.1, 0.15) is 11.6 Å². The summed E-state index contributed by atoms with van der Waals surface area (Å²) in [7, 11) is 0. The van der Waals surface area contributed by atoms with E-state index in [1.54, 1.807) is 18.2 Å². The quantitative estimate of drug-likeness (QED) is 0.931. The van der Waals surface area contributed by atoms with E-state index in [4.69, 9.17) is 17.3 Å². The molecule has 0 bridgehead atoms. The Morgan fingerprint density at radius 1 is 1.21 bits per heavy atom. The van der Waals surface area contributed by atoms with Crippen molar-refractivity contribution >= 4 is 23.1 Å². The highest BCUT2D eigenvalue weighted by atomic mass is 35.5. The van der Waals surface area contributed by atoms with Crippen LogP contribution in [0.15, 0.2) is 36.4 Å². The van der Waals surface area contributed by atoms with Crippen LogP contribution in [0.25, 0.3) is 0 Å². The van der Waals surface area contributed by atoms with E-state index in [1.165, 1.54) is 12.1 Å². The molecular formula is C14H15ClFN3. The van der Waals surface area contributed by atoms with E-state index >= 15 is 0 Å². The van der Waals surface area contributed by atoms with Crippen LogP contribution in [-0.4, -0.2) is 11.5 Å². The highest BCUT2D eigenvalue weighted by molar-refractivity contribution is 6.31. The molecule has 2 N–H and O–H groups in total. The van der Waals surface area contributed by atoms with Crippen molar-refractivity contribution in [2.24, 2.45) is 5.73 Å². The first-order chi connectivity index (χ1) is 9.15. The lowest BCUT2D eigenvalue weighted by Crippen LogP contribution is -2.18. The largest absolute Gasteiger partial charge is 0.327 e. The van der Waals surface area contributed by atoms with Crippen LogP contribution in [-0.2, 0) is 6.54 Å². The van der Waals surface area contributed by atoms with Crippen molar-refractivity contribution in [1.82, 2.24) is 4.98 Å². The molecular weight excluding hydrogens is 265 g/mol. The van der Waals surface area contributed by atoms with Crippen LogP contribution in [0.2, 0.25) is 5.02 Å². The molecule has 1 aromatic heterocycles.